The summed E-state index contributed by atoms with van der Waals surface area (Å²) in [7, 11) is 0. The molecule has 3 rings (SSSR count). The maximum atomic E-state index is 14.6. The molecule has 2 fully saturated rings. The summed E-state index contributed by atoms with van der Waals surface area (Å²) in [6.07, 6.45) is 13.0. The summed E-state index contributed by atoms with van der Waals surface area (Å²) in [5, 5.41) is 13.3. The van der Waals surface area contributed by atoms with Crippen LogP contribution in [0.2, 0.25) is 0 Å². The second-order valence-electron chi connectivity index (χ2n) is 9.28. The number of hydrogen-bond donors (Lipinski definition) is 0. The Hall–Kier alpha value is -0.563. The number of unbranched alkanes of at least 4 members (excludes halogenated alkanes) is 2. The summed E-state index contributed by atoms with van der Waals surface area (Å²) in [5.74, 6) is 0.0240. The summed E-state index contributed by atoms with van der Waals surface area (Å²) in [6.45, 7) is 4.24. The molecule has 0 radical (unpaired) electrons. The molecule has 0 saturated heterocycles. The standard InChI is InChI=1S/C25H37F2O2.Li/c1-3-5-6-7-18-8-10-19(11-9-18)20-14-16-25(28,17-15-20)21-12-13-22(29-4-2)24(27)23(21)26;/h12-13,18-20H,3-11,14-17H2,1-2H3;/q-1;+1. The number of ether oxygens (including phenoxy) is 1. The number of rotatable bonds is 8. The predicted molar refractivity (Wildman–Crippen MR) is 111 cm³/mol. The van der Waals surface area contributed by atoms with Crippen LogP contribution in [0.1, 0.15) is 96.5 Å². The van der Waals surface area contributed by atoms with E-state index < -0.39 is 17.2 Å². The maximum absolute atomic E-state index is 14.6. The van der Waals surface area contributed by atoms with Gasteiger partial charge in [0.1, 0.15) is 0 Å². The Morgan fingerprint density at radius 2 is 1.57 bits per heavy atom. The Morgan fingerprint density at radius 3 is 2.17 bits per heavy atom. The van der Waals surface area contributed by atoms with Crippen LogP contribution in [0, 0.1) is 29.4 Å². The topological polar surface area (TPSA) is 32.3 Å². The molecule has 1 aromatic carbocycles. The number of benzene rings is 1. The molecule has 30 heavy (non-hydrogen) atoms. The fourth-order valence-corrected chi connectivity index (χ4v) is 5.63. The zero-order valence-corrected chi connectivity index (χ0v) is 19.2. The van der Waals surface area contributed by atoms with Crippen LogP contribution in [0.4, 0.5) is 8.78 Å². The molecule has 0 aliphatic heterocycles. The Morgan fingerprint density at radius 1 is 0.933 bits per heavy atom. The van der Waals surface area contributed by atoms with E-state index in [2.05, 4.69) is 6.92 Å². The number of halogens is 2. The molecule has 0 spiro atoms. The van der Waals surface area contributed by atoms with Crippen molar-refractivity contribution in [2.24, 2.45) is 17.8 Å². The monoisotopic (exact) mass is 414 g/mol. The van der Waals surface area contributed by atoms with E-state index in [9.17, 15) is 13.9 Å². The van der Waals surface area contributed by atoms with Crippen molar-refractivity contribution in [1.29, 1.82) is 0 Å². The van der Waals surface area contributed by atoms with Crippen LogP contribution in [-0.4, -0.2) is 6.61 Å². The van der Waals surface area contributed by atoms with Gasteiger partial charge in [0.25, 0.3) is 0 Å². The molecular formula is C25H37F2LiO2. The molecule has 2 aliphatic rings. The van der Waals surface area contributed by atoms with Gasteiger partial charge < -0.3 is 9.84 Å². The first kappa shape index (κ1) is 25.7. The van der Waals surface area contributed by atoms with Crippen LogP contribution in [0.25, 0.3) is 0 Å². The predicted octanol–water partition coefficient (Wildman–Crippen LogP) is 3.50. The smallest absolute Gasteiger partial charge is 0.846 e. The van der Waals surface area contributed by atoms with Gasteiger partial charge in [0, 0.05) is 0 Å². The van der Waals surface area contributed by atoms with Gasteiger partial charge in [-0.2, -0.15) is 4.39 Å². The normalized spacial score (nSPS) is 29.3. The van der Waals surface area contributed by atoms with Gasteiger partial charge in [-0.15, -0.1) is 0 Å². The van der Waals surface area contributed by atoms with Crippen LogP contribution in [0.5, 0.6) is 5.75 Å². The molecule has 164 valence electrons. The summed E-state index contributed by atoms with van der Waals surface area (Å²) >= 11 is 0. The van der Waals surface area contributed by atoms with E-state index in [4.69, 9.17) is 4.74 Å². The van der Waals surface area contributed by atoms with Gasteiger partial charge in [-0.1, -0.05) is 82.8 Å². The average molecular weight is 415 g/mol. The van der Waals surface area contributed by atoms with Gasteiger partial charge in [-0.3, -0.25) is 0 Å². The molecule has 0 heterocycles. The van der Waals surface area contributed by atoms with Crippen LogP contribution in [0.15, 0.2) is 12.1 Å². The third-order valence-corrected chi connectivity index (χ3v) is 7.45. The average Bonchev–Trinajstić information content (AvgIpc) is 2.73. The Balaban J connectivity index is 0.00000320. The molecule has 2 aliphatic carbocycles. The van der Waals surface area contributed by atoms with Gasteiger partial charge in [0.15, 0.2) is 11.6 Å². The van der Waals surface area contributed by atoms with Gasteiger partial charge >= 0.3 is 18.9 Å². The molecule has 0 atom stereocenters. The van der Waals surface area contributed by atoms with Crippen LogP contribution < -0.4 is 28.7 Å². The fraction of sp³-hybridized carbons (Fsp3) is 0.760. The van der Waals surface area contributed by atoms with Crippen molar-refractivity contribution < 1.29 is 37.5 Å². The molecule has 2 nitrogen and oxygen atoms in total. The van der Waals surface area contributed by atoms with Gasteiger partial charge in [0.2, 0.25) is 5.82 Å². The first-order valence-corrected chi connectivity index (χ1v) is 11.8. The van der Waals surface area contributed by atoms with E-state index in [1.807, 2.05) is 0 Å². The zero-order valence-electron chi connectivity index (χ0n) is 19.2. The van der Waals surface area contributed by atoms with E-state index in [1.54, 1.807) is 6.92 Å². The van der Waals surface area contributed by atoms with E-state index in [1.165, 1.54) is 63.5 Å². The third-order valence-electron chi connectivity index (χ3n) is 7.45. The van der Waals surface area contributed by atoms with Crippen LogP contribution in [-0.2, 0) is 5.60 Å². The van der Waals surface area contributed by atoms with Crippen molar-refractivity contribution in [3.63, 3.8) is 0 Å². The number of hydrogen-bond acceptors (Lipinski definition) is 2. The molecular weight excluding hydrogens is 377 g/mol. The SMILES string of the molecule is CCCCCC1CCC(C2CCC([O-])(c3ccc(OCC)c(F)c3F)CC2)CC1.[Li+]. The Labute approximate surface area is 193 Å². The van der Waals surface area contributed by atoms with Crippen LogP contribution >= 0.6 is 0 Å². The molecule has 0 bridgehead atoms. The zero-order chi connectivity index (χ0) is 20.9. The summed E-state index contributed by atoms with van der Waals surface area (Å²) < 4.78 is 33.9. The van der Waals surface area contributed by atoms with E-state index >= 15 is 0 Å². The van der Waals surface area contributed by atoms with E-state index in [-0.39, 0.29) is 36.8 Å². The molecule has 0 amide bonds. The van der Waals surface area contributed by atoms with Crippen molar-refractivity contribution in [3.05, 3.63) is 29.3 Å². The maximum Gasteiger partial charge on any atom is 1.00 e. The molecule has 2 saturated carbocycles. The van der Waals surface area contributed by atoms with Gasteiger partial charge in [-0.05, 0) is 49.1 Å². The molecule has 1 aromatic rings. The summed E-state index contributed by atoms with van der Waals surface area (Å²) in [6, 6.07) is 2.85. The Kier molecular flexibility index (Phi) is 10.2. The van der Waals surface area contributed by atoms with Crippen molar-refractivity contribution >= 4 is 0 Å². The Bertz CT molecular complexity index is 651. The van der Waals surface area contributed by atoms with Crippen molar-refractivity contribution in [3.8, 4) is 5.75 Å². The third kappa shape index (κ3) is 6.02. The second-order valence-corrected chi connectivity index (χ2v) is 9.28. The van der Waals surface area contributed by atoms with E-state index in [0.717, 1.165) is 18.8 Å². The minimum atomic E-state index is -1.51. The van der Waals surface area contributed by atoms with Crippen molar-refractivity contribution in [1.82, 2.24) is 0 Å². The van der Waals surface area contributed by atoms with Crippen LogP contribution in [0.3, 0.4) is 0 Å². The minimum absolute atomic E-state index is 0. The largest absolute Gasteiger partial charge is 1.00 e. The first-order valence-electron chi connectivity index (χ1n) is 11.8. The van der Waals surface area contributed by atoms with Crippen molar-refractivity contribution in [2.45, 2.75) is 96.5 Å². The molecule has 0 unspecified atom stereocenters. The van der Waals surface area contributed by atoms with Gasteiger partial charge in [-0.25, -0.2) is 4.39 Å². The van der Waals surface area contributed by atoms with E-state index in [0.29, 0.717) is 24.7 Å². The van der Waals surface area contributed by atoms with Crippen molar-refractivity contribution in [2.75, 3.05) is 6.61 Å². The molecule has 0 aromatic heterocycles. The second kappa shape index (κ2) is 11.9. The first-order chi connectivity index (χ1) is 14.0. The fourth-order valence-electron chi connectivity index (χ4n) is 5.63. The molecule has 0 N–H and O–H groups in total. The summed E-state index contributed by atoms with van der Waals surface area (Å²) in [4.78, 5) is 0. The van der Waals surface area contributed by atoms with Gasteiger partial charge in [0.05, 0.1) is 6.61 Å². The summed E-state index contributed by atoms with van der Waals surface area (Å²) in [5.41, 5.74) is -1.53. The molecule has 5 heteroatoms. The minimum Gasteiger partial charge on any atom is -0.846 e. The quantitative estimate of drug-likeness (QED) is 0.482.